The molecule has 0 fully saturated rings. The number of nitrogens with zero attached hydrogens (tertiary/aromatic N) is 1. The molecule has 0 aliphatic heterocycles. The average Bonchev–Trinajstić information content (AvgIpc) is 2.64. The fourth-order valence-electron chi connectivity index (χ4n) is 1.28. The van der Waals surface area contributed by atoms with Crippen molar-refractivity contribution < 1.29 is 0 Å². The van der Waals surface area contributed by atoms with Crippen molar-refractivity contribution in [2.45, 2.75) is 6.92 Å². The summed E-state index contributed by atoms with van der Waals surface area (Å²) in [5.41, 5.74) is 2.70. The van der Waals surface area contributed by atoms with E-state index in [4.69, 9.17) is 0 Å². The molecule has 0 unspecified atom stereocenters. The Balaban J connectivity index is 2.55. The van der Waals surface area contributed by atoms with Gasteiger partial charge in [-0.1, -0.05) is 0 Å². The molecule has 0 amide bonds. The van der Waals surface area contributed by atoms with Crippen LogP contribution in [0.3, 0.4) is 0 Å². The Morgan fingerprint density at radius 2 is 2.08 bits per heavy atom. The van der Waals surface area contributed by atoms with Crippen LogP contribution in [0.2, 0.25) is 0 Å². The summed E-state index contributed by atoms with van der Waals surface area (Å²) >= 11 is 0.554. The van der Waals surface area contributed by atoms with Gasteiger partial charge in [0.25, 0.3) is 0 Å². The van der Waals surface area contributed by atoms with Crippen molar-refractivity contribution >= 4 is 14.5 Å². The Morgan fingerprint density at radius 1 is 1.25 bits per heavy atom. The van der Waals surface area contributed by atoms with Crippen LogP contribution < -0.4 is 0 Å². The van der Waals surface area contributed by atoms with Gasteiger partial charge in [-0.15, -0.1) is 0 Å². The third kappa shape index (κ3) is 1.17. The zero-order chi connectivity index (χ0) is 8.55. The predicted octanol–water partition coefficient (Wildman–Crippen LogP) is 2.06. The molecule has 0 aromatic carbocycles. The Morgan fingerprint density at radius 3 is 2.58 bits per heavy atom. The number of hydrogen-bond donors (Lipinski definition) is 0. The van der Waals surface area contributed by atoms with Gasteiger partial charge in [-0.2, -0.15) is 0 Å². The van der Waals surface area contributed by atoms with Crippen LogP contribution in [-0.4, -0.2) is 19.1 Å². The van der Waals surface area contributed by atoms with Gasteiger partial charge >= 0.3 is 78.1 Å². The van der Waals surface area contributed by atoms with Crippen molar-refractivity contribution in [1.29, 1.82) is 0 Å². The molecule has 0 saturated carbocycles. The summed E-state index contributed by atoms with van der Waals surface area (Å²) in [6, 6.07) is 8.74. The van der Waals surface area contributed by atoms with Crippen molar-refractivity contribution in [3.8, 4) is 10.1 Å². The van der Waals surface area contributed by atoms with Gasteiger partial charge in [0.05, 0.1) is 0 Å². The Bertz CT molecular complexity index is 370. The number of hydrogen-bond acceptors (Lipinski definition) is 0. The summed E-state index contributed by atoms with van der Waals surface area (Å²) < 4.78 is 3.73. The van der Waals surface area contributed by atoms with Crippen LogP contribution in [0.25, 0.3) is 10.1 Å². The third-order valence-electron chi connectivity index (χ3n) is 2.15. The van der Waals surface area contributed by atoms with Gasteiger partial charge in [-0.25, -0.2) is 0 Å². The van der Waals surface area contributed by atoms with E-state index in [1.807, 2.05) is 0 Å². The zero-order valence-corrected chi connectivity index (χ0v) is 8.96. The minimum atomic E-state index is 0.554. The molecule has 2 heterocycles. The van der Waals surface area contributed by atoms with Gasteiger partial charge in [-0.05, 0) is 0 Å². The van der Waals surface area contributed by atoms with Crippen molar-refractivity contribution in [2.75, 3.05) is 0 Å². The molecule has 62 valence electrons. The Hall–Kier alpha value is -0.721. The van der Waals surface area contributed by atoms with E-state index in [9.17, 15) is 0 Å². The average molecular weight is 224 g/mol. The second-order valence-electron chi connectivity index (χ2n) is 2.90. The molecule has 0 atom stereocenters. The van der Waals surface area contributed by atoms with E-state index in [1.54, 1.807) is 0 Å². The van der Waals surface area contributed by atoms with Gasteiger partial charge < -0.3 is 0 Å². The van der Waals surface area contributed by atoms with E-state index in [0.717, 1.165) is 0 Å². The number of rotatable bonds is 1. The molecule has 0 spiro atoms. The van der Waals surface area contributed by atoms with E-state index < -0.39 is 0 Å². The van der Waals surface area contributed by atoms with E-state index in [1.165, 1.54) is 15.8 Å². The van der Waals surface area contributed by atoms with Crippen molar-refractivity contribution in [3.05, 3.63) is 34.9 Å². The molecular formula is C10H11NSe. The maximum atomic E-state index is 2.25. The summed E-state index contributed by atoms with van der Waals surface area (Å²) in [6.07, 6.45) is 0. The first-order valence-corrected chi connectivity index (χ1v) is 5.80. The molecule has 1 nitrogen and oxygen atoms in total. The van der Waals surface area contributed by atoms with E-state index in [0.29, 0.717) is 14.5 Å². The van der Waals surface area contributed by atoms with Crippen molar-refractivity contribution in [3.63, 3.8) is 0 Å². The SMILES string of the molecule is Cc1ccc(-c2ccc[se]2)n1C. The van der Waals surface area contributed by atoms with Gasteiger partial charge in [0.1, 0.15) is 0 Å². The van der Waals surface area contributed by atoms with Crippen LogP contribution in [0.5, 0.6) is 0 Å². The van der Waals surface area contributed by atoms with Gasteiger partial charge in [0.2, 0.25) is 0 Å². The molecule has 12 heavy (non-hydrogen) atoms. The van der Waals surface area contributed by atoms with E-state index in [-0.39, 0.29) is 0 Å². The second-order valence-corrected chi connectivity index (χ2v) is 4.88. The van der Waals surface area contributed by atoms with Crippen LogP contribution in [0.15, 0.2) is 29.2 Å². The molecule has 0 aliphatic rings. The first-order chi connectivity index (χ1) is 5.79. The predicted molar refractivity (Wildman–Crippen MR) is 52.5 cm³/mol. The van der Waals surface area contributed by atoms with E-state index >= 15 is 0 Å². The molecule has 2 aromatic heterocycles. The van der Waals surface area contributed by atoms with Crippen molar-refractivity contribution in [2.24, 2.45) is 7.05 Å². The minimum absolute atomic E-state index is 0.554. The third-order valence-corrected chi connectivity index (χ3v) is 4.02. The fraction of sp³-hybridized carbons (Fsp3) is 0.200. The maximum absolute atomic E-state index is 2.25. The fourth-order valence-corrected chi connectivity index (χ4v) is 2.94. The van der Waals surface area contributed by atoms with Gasteiger partial charge in [0, 0.05) is 0 Å². The quantitative estimate of drug-likeness (QED) is 0.653. The molecule has 0 aliphatic carbocycles. The number of aromatic nitrogens is 1. The van der Waals surface area contributed by atoms with Crippen LogP contribution in [0, 0.1) is 6.92 Å². The topological polar surface area (TPSA) is 4.93 Å². The molecule has 0 radical (unpaired) electrons. The van der Waals surface area contributed by atoms with Crippen LogP contribution in [-0.2, 0) is 7.05 Å². The summed E-state index contributed by atoms with van der Waals surface area (Å²) in [5, 5.41) is 0. The number of aryl methyl sites for hydroxylation is 1. The second kappa shape index (κ2) is 2.96. The van der Waals surface area contributed by atoms with Crippen LogP contribution in [0.4, 0.5) is 0 Å². The first kappa shape index (κ1) is 7.90. The zero-order valence-electron chi connectivity index (χ0n) is 7.24. The van der Waals surface area contributed by atoms with Gasteiger partial charge in [0.15, 0.2) is 0 Å². The molecule has 0 N–H and O–H groups in total. The van der Waals surface area contributed by atoms with E-state index in [2.05, 4.69) is 47.7 Å². The Labute approximate surface area is 78.4 Å². The van der Waals surface area contributed by atoms with Gasteiger partial charge in [-0.3, -0.25) is 0 Å². The molecule has 0 saturated heterocycles. The molecule has 2 heteroatoms. The summed E-state index contributed by atoms with van der Waals surface area (Å²) in [6.45, 7) is 2.14. The summed E-state index contributed by atoms with van der Waals surface area (Å²) in [4.78, 5) is 2.25. The standard InChI is InChI=1S/C10H11NSe/c1-8-5-6-9(11(8)2)10-4-3-7-12-10/h3-7H,1-2H3. The molecule has 2 rings (SSSR count). The van der Waals surface area contributed by atoms with Crippen LogP contribution in [0.1, 0.15) is 5.69 Å². The molecule has 2 aromatic rings. The normalized spacial score (nSPS) is 10.5. The monoisotopic (exact) mass is 225 g/mol. The molecular weight excluding hydrogens is 213 g/mol. The van der Waals surface area contributed by atoms with Crippen LogP contribution >= 0.6 is 0 Å². The summed E-state index contributed by atoms with van der Waals surface area (Å²) in [5.74, 6) is 0. The summed E-state index contributed by atoms with van der Waals surface area (Å²) in [7, 11) is 2.12. The Kier molecular flexibility index (Phi) is 1.95. The molecule has 0 bridgehead atoms. The van der Waals surface area contributed by atoms with Crippen molar-refractivity contribution in [1.82, 2.24) is 4.57 Å². The first-order valence-electron chi connectivity index (χ1n) is 3.95.